The van der Waals surface area contributed by atoms with E-state index in [0.717, 1.165) is 31.0 Å². The molecule has 0 aliphatic carbocycles. The molecule has 0 aromatic heterocycles. The number of benzene rings is 1. The zero-order chi connectivity index (χ0) is 15.1. The van der Waals surface area contributed by atoms with E-state index in [-0.39, 0.29) is 0 Å². The zero-order valence-corrected chi connectivity index (χ0v) is 13.7. The van der Waals surface area contributed by atoms with Crippen molar-refractivity contribution in [3.05, 3.63) is 24.3 Å². The second-order valence-corrected chi connectivity index (χ2v) is 6.64. The van der Waals surface area contributed by atoms with E-state index in [0.29, 0.717) is 18.0 Å². The maximum absolute atomic E-state index is 5.81. The largest absolute Gasteiger partial charge is 0.494 e. The molecular weight excluding hydrogens is 260 g/mol. The van der Waals surface area contributed by atoms with E-state index in [9.17, 15) is 0 Å². The van der Waals surface area contributed by atoms with Gasteiger partial charge >= 0.3 is 0 Å². The highest BCUT2D eigenvalue weighted by atomic mass is 16.5. The summed E-state index contributed by atoms with van der Waals surface area (Å²) in [6.07, 6.45) is 5.00. The number of hydrogen-bond acceptors (Lipinski definition) is 3. The summed E-state index contributed by atoms with van der Waals surface area (Å²) < 4.78 is 5.81. The first kappa shape index (κ1) is 16.2. The van der Waals surface area contributed by atoms with Crippen molar-refractivity contribution >= 4 is 5.69 Å². The molecule has 1 heterocycles. The molecule has 3 heteroatoms. The molecule has 0 saturated carbocycles. The van der Waals surface area contributed by atoms with Gasteiger partial charge in [-0.15, -0.1) is 0 Å². The van der Waals surface area contributed by atoms with Crippen LogP contribution in [0, 0.1) is 5.92 Å². The van der Waals surface area contributed by atoms with Crippen LogP contribution in [0.5, 0.6) is 5.75 Å². The van der Waals surface area contributed by atoms with Gasteiger partial charge in [0.15, 0.2) is 0 Å². The van der Waals surface area contributed by atoms with Gasteiger partial charge in [-0.2, -0.15) is 0 Å². The third-order valence-electron chi connectivity index (χ3n) is 4.06. The normalized spacial score (nSPS) is 22.3. The highest BCUT2D eigenvalue weighted by molar-refractivity contribution is 5.48. The van der Waals surface area contributed by atoms with Crippen LogP contribution >= 0.6 is 0 Å². The lowest BCUT2D eigenvalue weighted by molar-refractivity contribution is 0.289. The Morgan fingerprint density at radius 3 is 2.95 bits per heavy atom. The van der Waals surface area contributed by atoms with Gasteiger partial charge in [0.05, 0.1) is 6.61 Å². The van der Waals surface area contributed by atoms with E-state index in [1.54, 1.807) is 0 Å². The van der Waals surface area contributed by atoms with Crippen molar-refractivity contribution < 1.29 is 4.74 Å². The van der Waals surface area contributed by atoms with Crippen molar-refractivity contribution in [2.75, 3.05) is 18.5 Å². The molecule has 2 unspecified atom stereocenters. The fourth-order valence-corrected chi connectivity index (χ4v) is 2.75. The highest BCUT2D eigenvalue weighted by Crippen LogP contribution is 2.19. The molecule has 0 spiro atoms. The minimum Gasteiger partial charge on any atom is -0.494 e. The third-order valence-corrected chi connectivity index (χ3v) is 4.06. The second-order valence-electron chi connectivity index (χ2n) is 6.64. The molecule has 2 rings (SSSR count). The smallest absolute Gasteiger partial charge is 0.121 e. The second kappa shape index (κ2) is 8.28. The molecular formula is C18H30N2O. The number of piperidine rings is 1. The summed E-state index contributed by atoms with van der Waals surface area (Å²) in [5.41, 5.74) is 1.15. The van der Waals surface area contributed by atoms with Crippen molar-refractivity contribution in [2.24, 2.45) is 5.92 Å². The van der Waals surface area contributed by atoms with Gasteiger partial charge in [-0.05, 0) is 44.2 Å². The maximum Gasteiger partial charge on any atom is 0.121 e. The summed E-state index contributed by atoms with van der Waals surface area (Å²) in [4.78, 5) is 0. The summed E-state index contributed by atoms with van der Waals surface area (Å²) in [5.74, 6) is 1.65. The van der Waals surface area contributed by atoms with E-state index in [2.05, 4.69) is 49.6 Å². The average Bonchev–Trinajstić information content (AvgIpc) is 2.45. The van der Waals surface area contributed by atoms with Gasteiger partial charge < -0.3 is 15.4 Å². The molecule has 118 valence electrons. The van der Waals surface area contributed by atoms with Crippen molar-refractivity contribution in [3.63, 3.8) is 0 Å². The standard InChI is InChI=1S/C18H30N2O/c1-14(2)10-11-21-18-9-5-7-16(12-18)19-13-17-8-4-6-15(3)20-17/h5,7,9,12,14-15,17,19-20H,4,6,8,10-11,13H2,1-3H3. The molecule has 2 atom stereocenters. The monoisotopic (exact) mass is 290 g/mol. The summed E-state index contributed by atoms with van der Waals surface area (Å²) in [7, 11) is 0. The van der Waals surface area contributed by atoms with Gasteiger partial charge in [-0.1, -0.05) is 26.3 Å². The first-order valence-corrected chi connectivity index (χ1v) is 8.36. The molecule has 0 bridgehead atoms. The number of nitrogens with one attached hydrogen (secondary N) is 2. The van der Waals surface area contributed by atoms with Gasteiger partial charge in [-0.3, -0.25) is 0 Å². The topological polar surface area (TPSA) is 33.3 Å². The van der Waals surface area contributed by atoms with Crippen LogP contribution in [0.1, 0.15) is 46.5 Å². The Hall–Kier alpha value is -1.22. The Labute approximate surface area is 129 Å². The summed E-state index contributed by atoms with van der Waals surface area (Å²) >= 11 is 0. The van der Waals surface area contributed by atoms with Gasteiger partial charge in [0, 0.05) is 30.4 Å². The predicted molar refractivity (Wildman–Crippen MR) is 90.1 cm³/mol. The van der Waals surface area contributed by atoms with E-state index >= 15 is 0 Å². The SMILES string of the molecule is CC(C)CCOc1cccc(NCC2CCCC(C)N2)c1. The van der Waals surface area contributed by atoms with Gasteiger partial charge in [0.1, 0.15) is 5.75 Å². The van der Waals surface area contributed by atoms with Crippen molar-refractivity contribution in [1.29, 1.82) is 0 Å². The van der Waals surface area contributed by atoms with Crippen LogP contribution in [0.4, 0.5) is 5.69 Å². The molecule has 0 amide bonds. The Morgan fingerprint density at radius 2 is 2.19 bits per heavy atom. The van der Waals surface area contributed by atoms with Crippen LogP contribution in [-0.4, -0.2) is 25.2 Å². The molecule has 1 aliphatic rings. The molecule has 21 heavy (non-hydrogen) atoms. The first-order valence-electron chi connectivity index (χ1n) is 8.36. The highest BCUT2D eigenvalue weighted by Gasteiger charge is 2.17. The van der Waals surface area contributed by atoms with Crippen LogP contribution in [0.2, 0.25) is 0 Å². The molecule has 1 fully saturated rings. The van der Waals surface area contributed by atoms with Crippen molar-refractivity contribution in [3.8, 4) is 5.75 Å². The van der Waals surface area contributed by atoms with Crippen LogP contribution in [0.25, 0.3) is 0 Å². The Kier molecular flexibility index (Phi) is 6.37. The predicted octanol–water partition coefficient (Wildman–Crippen LogP) is 4.05. The third kappa shape index (κ3) is 5.96. The Bertz CT molecular complexity index is 419. The summed E-state index contributed by atoms with van der Waals surface area (Å²) in [5, 5.41) is 7.19. The maximum atomic E-state index is 5.81. The van der Waals surface area contributed by atoms with E-state index < -0.39 is 0 Å². The zero-order valence-electron chi connectivity index (χ0n) is 13.7. The lowest BCUT2D eigenvalue weighted by Crippen LogP contribution is -2.44. The summed E-state index contributed by atoms with van der Waals surface area (Å²) in [6, 6.07) is 9.54. The van der Waals surface area contributed by atoms with Crippen molar-refractivity contribution in [2.45, 2.75) is 58.5 Å². The number of ether oxygens (including phenoxy) is 1. The van der Waals surface area contributed by atoms with Crippen LogP contribution < -0.4 is 15.4 Å². The minimum atomic E-state index is 0.583. The van der Waals surface area contributed by atoms with Crippen LogP contribution in [-0.2, 0) is 0 Å². The number of anilines is 1. The molecule has 0 radical (unpaired) electrons. The quantitative estimate of drug-likeness (QED) is 0.794. The Morgan fingerprint density at radius 1 is 1.33 bits per heavy atom. The molecule has 1 aliphatic heterocycles. The molecule has 1 aromatic rings. The Balaban J connectivity index is 1.77. The molecule has 2 N–H and O–H groups in total. The molecule has 1 aromatic carbocycles. The minimum absolute atomic E-state index is 0.583. The van der Waals surface area contributed by atoms with E-state index in [1.165, 1.54) is 19.3 Å². The lowest BCUT2D eigenvalue weighted by atomic mass is 9.99. The van der Waals surface area contributed by atoms with Crippen molar-refractivity contribution in [1.82, 2.24) is 5.32 Å². The van der Waals surface area contributed by atoms with Crippen LogP contribution in [0.3, 0.4) is 0 Å². The molecule has 3 nitrogen and oxygen atoms in total. The van der Waals surface area contributed by atoms with E-state index in [4.69, 9.17) is 4.74 Å². The average molecular weight is 290 g/mol. The summed E-state index contributed by atoms with van der Waals surface area (Å²) in [6.45, 7) is 8.50. The van der Waals surface area contributed by atoms with Gasteiger partial charge in [0.2, 0.25) is 0 Å². The fraction of sp³-hybridized carbons (Fsp3) is 0.667. The number of rotatable bonds is 7. The number of hydrogen-bond donors (Lipinski definition) is 2. The molecule has 1 saturated heterocycles. The van der Waals surface area contributed by atoms with E-state index in [1.807, 2.05) is 6.07 Å². The van der Waals surface area contributed by atoms with Gasteiger partial charge in [0.25, 0.3) is 0 Å². The van der Waals surface area contributed by atoms with Gasteiger partial charge in [-0.25, -0.2) is 0 Å². The van der Waals surface area contributed by atoms with Crippen LogP contribution in [0.15, 0.2) is 24.3 Å². The fourth-order valence-electron chi connectivity index (χ4n) is 2.75. The first-order chi connectivity index (χ1) is 10.1. The lowest BCUT2D eigenvalue weighted by Gasteiger charge is -2.29.